The van der Waals surface area contributed by atoms with Crippen molar-refractivity contribution >= 4 is 27.5 Å². The molecule has 0 unspecified atom stereocenters. The smallest absolute Gasteiger partial charge is 0.240 e. The number of nitrogens with zero attached hydrogens (tertiary/aromatic N) is 2. The second kappa shape index (κ2) is 9.28. The van der Waals surface area contributed by atoms with E-state index in [1.165, 1.54) is 0 Å². The first kappa shape index (κ1) is 22.3. The van der Waals surface area contributed by atoms with Crippen molar-refractivity contribution in [3.63, 3.8) is 0 Å². The Morgan fingerprint density at radius 3 is 2.39 bits per heavy atom. The summed E-state index contributed by atoms with van der Waals surface area (Å²) in [6.45, 7) is 4.31. The standard InChI is InChI=1S/C23H33N3O4S/c1-17-10-13-25(14-11-17)22(27)8-9-23(28)26-15-12-18-16-20(6-7-21(18)26)31(29,30)24-19-4-2-3-5-19/h6-7,16-17,19,24H,2-5,8-15H2,1H3. The van der Waals surface area contributed by atoms with Crippen LogP contribution in [0.2, 0.25) is 0 Å². The normalized spacial score (nSPS) is 20.3. The zero-order valence-electron chi connectivity index (χ0n) is 18.3. The van der Waals surface area contributed by atoms with E-state index in [0.717, 1.165) is 62.9 Å². The third-order valence-electron chi connectivity index (χ3n) is 6.92. The minimum atomic E-state index is -3.54. The lowest BCUT2D eigenvalue weighted by Crippen LogP contribution is -2.38. The van der Waals surface area contributed by atoms with Crippen molar-refractivity contribution in [1.82, 2.24) is 9.62 Å². The first-order chi connectivity index (χ1) is 14.8. The van der Waals surface area contributed by atoms with Gasteiger partial charge in [-0.2, -0.15) is 0 Å². The van der Waals surface area contributed by atoms with E-state index in [1.807, 2.05) is 4.90 Å². The van der Waals surface area contributed by atoms with Gasteiger partial charge in [-0.3, -0.25) is 9.59 Å². The molecule has 2 aliphatic heterocycles. The molecule has 0 radical (unpaired) electrons. The second-order valence-electron chi connectivity index (χ2n) is 9.25. The van der Waals surface area contributed by atoms with Gasteiger partial charge in [0.2, 0.25) is 21.8 Å². The SMILES string of the molecule is CC1CCN(C(=O)CCC(=O)N2CCc3cc(S(=O)(=O)NC4CCCC4)ccc32)CC1. The molecule has 2 amide bonds. The molecule has 0 atom stereocenters. The van der Waals surface area contributed by atoms with Crippen LogP contribution in [0.5, 0.6) is 0 Å². The molecule has 7 nitrogen and oxygen atoms in total. The number of hydrogen-bond acceptors (Lipinski definition) is 4. The van der Waals surface area contributed by atoms with Gasteiger partial charge in [-0.05, 0) is 61.8 Å². The van der Waals surface area contributed by atoms with Crippen LogP contribution in [0.25, 0.3) is 0 Å². The van der Waals surface area contributed by atoms with Gasteiger partial charge >= 0.3 is 0 Å². The molecule has 4 rings (SSSR count). The number of fused-ring (bicyclic) bond motifs is 1. The Balaban J connectivity index is 1.36. The molecule has 3 aliphatic rings. The highest BCUT2D eigenvalue weighted by Gasteiger charge is 2.29. The molecule has 31 heavy (non-hydrogen) atoms. The van der Waals surface area contributed by atoms with E-state index in [1.54, 1.807) is 23.1 Å². The average molecular weight is 448 g/mol. The predicted octanol–water partition coefficient (Wildman–Crippen LogP) is 2.84. The number of carbonyl (C=O) groups excluding carboxylic acids is 2. The molecule has 1 N–H and O–H groups in total. The van der Waals surface area contributed by atoms with Crippen LogP contribution >= 0.6 is 0 Å². The van der Waals surface area contributed by atoms with E-state index in [2.05, 4.69) is 11.6 Å². The predicted molar refractivity (Wildman–Crippen MR) is 119 cm³/mol. The average Bonchev–Trinajstić information content (AvgIpc) is 3.41. The third-order valence-corrected chi connectivity index (χ3v) is 8.44. The minimum absolute atomic E-state index is 0.0250. The number of likely N-dealkylation sites (tertiary alicyclic amines) is 1. The number of piperidine rings is 1. The highest BCUT2D eigenvalue weighted by Crippen LogP contribution is 2.31. The van der Waals surface area contributed by atoms with Crippen molar-refractivity contribution in [1.29, 1.82) is 0 Å². The van der Waals surface area contributed by atoms with E-state index in [0.29, 0.717) is 18.9 Å². The van der Waals surface area contributed by atoms with E-state index in [9.17, 15) is 18.0 Å². The molecule has 170 valence electrons. The molecule has 1 saturated carbocycles. The zero-order chi connectivity index (χ0) is 22.0. The number of carbonyl (C=O) groups is 2. The van der Waals surface area contributed by atoms with Crippen molar-refractivity contribution in [3.05, 3.63) is 23.8 Å². The molecule has 1 aromatic carbocycles. The monoisotopic (exact) mass is 447 g/mol. The summed E-state index contributed by atoms with van der Waals surface area (Å²) in [7, 11) is -3.54. The van der Waals surface area contributed by atoms with Crippen LogP contribution in [0.1, 0.15) is 63.9 Å². The van der Waals surface area contributed by atoms with Gasteiger partial charge in [0.15, 0.2) is 0 Å². The summed E-state index contributed by atoms with van der Waals surface area (Å²) in [5, 5.41) is 0. The van der Waals surface area contributed by atoms with Crippen LogP contribution in [0.4, 0.5) is 5.69 Å². The van der Waals surface area contributed by atoms with Crippen LogP contribution in [0.15, 0.2) is 23.1 Å². The Morgan fingerprint density at radius 2 is 1.68 bits per heavy atom. The molecule has 0 aromatic heterocycles. The van der Waals surface area contributed by atoms with Crippen LogP contribution in [-0.2, 0) is 26.0 Å². The van der Waals surface area contributed by atoms with Crippen LogP contribution in [0, 0.1) is 5.92 Å². The maximum Gasteiger partial charge on any atom is 0.240 e. The topological polar surface area (TPSA) is 86.8 Å². The largest absolute Gasteiger partial charge is 0.343 e. The Bertz CT molecular complexity index is 932. The lowest BCUT2D eigenvalue weighted by Gasteiger charge is -2.30. The number of rotatable bonds is 6. The molecular formula is C23H33N3O4S. The molecule has 2 fully saturated rings. The molecule has 0 spiro atoms. The fourth-order valence-corrected chi connectivity index (χ4v) is 6.26. The maximum atomic E-state index is 12.8. The number of hydrogen-bond donors (Lipinski definition) is 1. The summed E-state index contributed by atoms with van der Waals surface area (Å²) in [5.41, 5.74) is 1.64. The minimum Gasteiger partial charge on any atom is -0.343 e. The number of sulfonamides is 1. The molecule has 1 aliphatic carbocycles. The highest BCUT2D eigenvalue weighted by atomic mass is 32.2. The Labute approximate surface area is 185 Å². The van der Waals surface area contributed by atoms with Crippen LogP contribution in [-0.4, -0.2) is 50.8 Å². The first-order valence-corrected chi connectivity index (χ1v) is 13.1. The Hall–Kier alpha value is -1.93. The lowest BCUT2D eigenvalue weighted by atomic mass is 9.99. The van der Waals surface area contributed by atoms with E-state index in [4.69, 9.17) is 0 Å². The van der Waals surface area contributed by atoms with Gasteiger partial charge in [-0.1, -0.05) is 19.8 Å². The quantitative estimate of drug-likeness (QED) is 0.727. The van der Waals surface area contributed by atoms with Gasteiger partial charge < -0.3 is 9.80 Å². The summed E-state index contributed by atoms with van der Waals surface area (Å²) in [6, 6.07) is 5.04. The van der Waals surface area contributed by atoms with Gasteiger partial charge in [0, 0.05) is 44.2 Å². The first-order valence-electron chi connectivity index (χ1n) is 11.6. The lowest BCUT2D eigenvalue weighted by molar-refractivity contribution is -0.134. The fourth-order valence-electron chi connectivity index (χ4n) is 4.90. The summed E-state index contributed by atoms with van der Waals surface area (Å²) in [6.07, 6.45) is 7.02. The number of anilines is 1. The number of nitrogens with one attached hydrogen (secondary N) is 1. The molecule has 8 heteroatoms. The van der Waals surface area contributed by atoms with Gasteiger partial charge in [0.05, 0.1) is 4.90 Å². The number of amides is 2. The van der Waals surface area contributed by atoms with Gasteiger partial charge in [-0.15, -0.1) is 0 Å². The number of benzene rings is 1. The molecule has 2 heterocycles. The highest BCUT2D eigenvalue weighted by molar-refractivity contribution is 7.89. The van der Waals surface area contributed by atoms with Crippen LogP contribution in [0.3, 0.4) is 0 Å². The van der Waals surface area contributed by atoms with Gasteiger partial charge in [0.25, 0.3) is 0 Å². The fraction of sp³-hybridized carbons (Fsp3) is 0.652. The molecule has 1 saturated heterocycles. The summed E-state index contributed by atoms with van der Waals surface area (Å²) >= 11 is 0. The summed E-state index contributed by atoms with van der Waals surface area (Å²) < 4.78 is 28.2. The van der Waals surface area contributed by atoms with Crippen molar-refractivity contribution in [2.24, 2.45) is 5.92 Å². The van der Waals surface area contributed by atoms with Gasteiger partial charge in [0.1, 0.15) is 0 Å². The maximum absolute atomic E-state index is 12.8. The molecular weight excluding hydrogens is 414 g/mol. The summed E-state index contributed by atoms with van der Waals surface area (Å²) in [5.74, 6) is 0.644. The zero-order valence-corrected chi connectivity index (χ0v) is 19.1. The molecule has 0 bridgehead atoms. The second-order valence-corrected chi connectivity index (χ2v) is 11.0. The van der Waals surface area contributed by atoms with E-state index < -0.39 is 10.0 Å². The third kappa shape index (κ3) is 5.12. The molecule has 1 aromatic rings. The van der Waals surface area contributed by atoms with Crippen molar-refractivity contribution in [3.8, 4) is 0 Å². The van der Waals surface area contributed by atoms with Crippen molar-refractivity contribution < 1.29 is 18.0 Å². The Kier molecular flexibility index (Phi) is 6.67. The van der Waals surface area contributed by atoms with Crippen molar-refractivity contribution in [2.75, 3.05) is 24.5 Å². The Morgan fingerprint density at radius 1 is 1.00 bits per heavy atom. The van der Waals surface area contributed by atoms with Crippen molar-refractivity contribution in [2.45, 2.75) is 75.6 Å². The van der Waals surface area contributed by atoms with E-state index in [-0.39, 0.29) is 35.6 Å². The summed E-state index contributed by atoms with van der Waals surface area (Å²) in [4.78, 5) is 29.1. The van der Waals surface area contributed by atoms with Gasteiger partial charge in [-0.25, -0.2) is 13.1 Å². The van der Waals surface area contributed by atoms with Crippen LogP contribution < -0.4 is 9.62 Å². The van der Waals surface area contributed by atoms with E-state index >= 15 is 0 Å².